The number of hydrogen-bond acceptors (Lipinski definition) is 9. The van der Waals surface area contributed by atoms with Crippen LogP contribution in [0.2, 0.25) is 0 Å². The molecular formula is C38H51NO10. The van der Waals surface area contributed by atoms with Crippen LogP contribution in [0.15, 0.2) is 59.9 Å². The Hall–Kier alpha value is -4.38. The van der Waals surface area contributed by atoms with Crippen LogP contribution in [0.1, 0.15) is 65.0 Å². The van der Waals surface area contributed by atoms with E-state index in [-0.39, 0.29) is 48.5 Å². The van der Waals surface area contributed by atoms with Crippen molar-refractivity contribution in [1.29, 1.82) is 0 Å². The van der Waals surface area contributed by atoms with Gasteiger partial charge in [-0.05, 0) is 60.3 Å². The van der Waals surface area contributed by atoms with Crippen molar-refractivity contribution in [2.24, 2.45) is 23.7 Å². The molecule has 3 rings (SSSR count). The Balaban J connectivity index is 1.92. The van der Waals surface area contributed by atoms with Crippen molar-refractivity contribution >= 4 is 23.9 Å². The first-order valence-corrected chi connectivity index (χ1v) is 16.8. The molecule has 0 unspecified atom stereocenters. The topological polar surface area (TPSA) is 138 Å². The fourth-order valence-corrected chi connectivity index (χ4v) is 5.93. The number of esters is 1. The molecule has 49 heavy (non-hydrogen) atoms. The number of cyclic esters (lactones) is 1. The van der Waals surface area contributed by atoms with Gasteiger partial charge in [0.15, 0.2) is 11.5 Å². The first kappa shape index (κ1) is 39.1. The second-order valence-electron chi connectivity index (χ2n) is 13.1. The lowest BCUT2D eigenvalue weighted by Crippen LogP contribution is -2.45. The Labute approximate surface area is 289 Å². The number of allylic oxidation sites excluding steroid dienone is 1. The largest absolute Gasteiger partial charge is 0.493 e. The van der Waals surface area contributed by atoms with Gasteiger partial charge in [-0.3, -0.25) is 9.59 Å². The molecule has 0 bridgehead atoms. The molecule has 11 nitrogen and oxygen atoms in total. The van der Waals surface area contributed by atoms with Crippen LogP contribution < -0.4 is 9.47 Å². The van der Waals surface area contributed by atoms with Gasteiger partial charge in [-0.1, -0.05) is 64.1 Å². The zero-order valence-electron chi connectivity index (χ0n) is 29.7. The zero-order chi connectivity index (χ0) is 36.1. The third-order valence-electron chi connectivity index (χ3n) is 8.79. The van der Waals surface area contributed by atoms with Crippen LogP contribution in [-0.2, 0) is 41.4 Å². The van der Waals surface area contributed by atoms with Crippen molar-refractivity contribution in [3.8, 4) is 11.5 Å². The number of imide groups is 1. The van der Waals surface area contributed by atoms with Gasteiger partial charge in [-0.15, -0.1) is 0 Å². The number of methoxy groups -OCH3 is 2. The average Bonchev–Trinajstić information content (AvgIpc) is 3.42. The molecule has 0 aliphatic carbocycles. The van der Waals surface area contributed by atoms with Gasteiger partial charge in [-0.2, -0.15) is 0 Å². The van der Waals surface area contributed by atoms with Gasteiger partial charge in [0.1, 0.15) is 12.4 Å². The highest BCUT2D eigenvalue weighted by molar-refractivity contribution is 5.95. The minimum Gasteiger partial charge on any atom is -0.493 e. The summed E-state index contributed by atoms with van der Waals surface area (Å²) in [6.45, 7) is 9.91. The first-order valence-electron chi connectivity index (χ1n) is 16.8. The lowest BCUT2D eigenvalue weighted by atomic mass is 9.82. The molecule has 1 saturated heterocycles. The van der Waals surface area contributed by atoms with E-state index < -0.39 is 35.9 Å². The molecule has 2 amide bonds. The van der Waals surface area contributed by atoms with Crippen LogP contribution in [0.3, 0.4) is 0 Å². The van der Waals surface area contributed by atoms with E-state index in [1.54, 1.807) is 14.2 Å². The number of aliphatic carboxylic acids is 1. The summed E-state index contributed by atoms with van der Waals surface area (Å²) in [6, 6.07) is 14.6. The molecule has 0 spiro atoms. The molecule has 0 aromatic heterocycles. The van der Waals surface area contributed by atoms with E-state index in [9.17, 15) is 24.3 Å². The van der Waals surface area contributed by atoms with E-state index >= 15 is 0 Å². The van der Waals surface area contributed by atoms with Crippen molar-refractivity contribution in [3.05, 3.63) is 71.0 Å². The zero-order valence-corrected chi connectivity index (χ0v) is 29.7. The third kappa shape index (κ3) is 11.3. The average molecular weight is 682 g/mol. The van der Waals surface area contributed by atoms with E-state index in [4.69, 9.17) is 23.7 Å². The van der Waals surface area contributed by atoms with Crippen molar-refractivity contribution < 1.29 is 48.0 Å². The fraction of sp³-hybridized carbons (Fsp3) is 0.526. The number of carboxylic acid groups (broad SMARTS) is 1. The summed E-state index contributed by atoms with van der Waals surface area (Å²) in [7, 11) is 3.20. The summed E-state index contributed by atoms with van der Waals surface area (Å²) < 4.78 is 27.4. The predicted molar refractivity (Wildman–Crippen MR) is 183 cm³/mol. The van der Waals surface area contributed by atoms with Crippen LogP contribution in [0.4, 0.5) is 4.79 Å². The van der Waals surface area contributed by atoms with Crippen molar-refractivity contribution in [2.45, 2.75) is 72.8 Å². The van der Waals surface area contributed by atoms with Gasteiger partial charge in [0, 0.05) is 39.4 Å². The van der Waals surface area contributed by atoms with Gasteiger partial charge < -0.3 is 28.8 Å². The molecule has 268 valence electrons. The minimum absolute atomic E-state index is 0.0433. The van der Waals surface area contributed by atoms with E-state index in [1.165, 1.54) is 6.92 Å². The summed E-state index contributed by atoms with van der Waals surface area (Å²) in [4.78, 5) is 53.3. The van der Waals surface area contributed by atoms with E-state index in [2.05, 4.69) is 0 Å². The van der Waals surface area contributed by atoms with Crippen LogP contribution in [0.5, 0.6) is 11.5 Å². The van der Waals surface area contributed by atoms with Crippen molar-refractivity contribution in [1.82, 2.24) is 4.90 Å². The van der Waals surface area contributed by atoms with Crippen LogP contribution in [-0.4, -0.2) is 74.0 Å². The normalized spacial score (nSPS) is 16.2. The number of rotatable bonds is 19. The highest BCUT2D eigenvalue weighted by Crippen LogP contribution is 2.35. The summed E-state index contributed by atoms with van der Waals surface area (Å²) in [5.41, 5.74) is 1.79. The molecule has 3 atom stereocenters. The quantitative estimate of drug-likeness (QED) is 0.0760. The highest BCUT2D eigenvalue weighted by Gasteiger charge is 2.42. The molecule has 1 aliphatic heterocycles. The van der Waals surface area contributed by atoms with E-state index in [0.717, 1.165) is 16.0 Å². The van der Waals surface area contributed by atoms with Crippen LogP contribution >= 0.6 is 0 Å². The smallest absolute Gasteiger partial charge is 0.416 e. The van der Waals surface area contributed by atoms with E-state index in [1.807, 2.05) is 76.2 Å². The minimum atomic E-state index is -1.24. The fourth-order valence-electron chi connectivity index (χ4n) is 5.93. The molecule has 11 heteroatoms. The Kier molecular flexibility index (Phi) is 15.1. The number of benzene rings is 2. The van der Waals surface area contributed by atoms with Crippen molar-refractivity contribution in [3.63, 3.8) is 0 Å². The summed E-state index contributed by atoms with van der Waals surface area (Å²) in [5, 5.41) is 10.5. The number of carboxylic acids is 1. The van der Waals surface area contributed by atoms with Crippen molar-refractivity contribution in [2.75, 3.05) is 34.0 Å². The molecule has 2 aromatic carbocycles. The highest BCUT2D eigenvalue weighted by atomic mass is 16.6. The SMILES string of the molecule is COCCCOc1cc(C[C@@H](C/C(C(=O)O)=C(/C[C@H](C(=O)N2C(=O)OC[C@@H]2Cc2ccccc2)C(C)C)OC(C)=O)C(C)C)ccc1OC. The summed E-state index contributed by atoms with van der Waals surface area (Å²) >= 11 is 0. The number of carbonyl (C=O) groups excluding carboxylic acids is 3. The second-order valence-corrected chi connectivity index (χ2v) is 13.1. The number of carbonyl (C=O) groups is 4. The molecule has 1 fully saturated rings. The van der Waals surface area contributed by atoms with Crippen LogP contribution in [0, 0.1) is 23.7 Å². The monoisotopic (exact) mass is 681 g/mol. The number of hydrogen-bond donors (Lipinski definition) is 1. The lowest BCUT2D eigenvalue weighted by molar-refractivity contribution is -0.140. The molecule has 1 heterocycles. The maximum atomic E-state index is 14.1. The lowest BCUT2D eigenvalue weighted by Gasteiger charge is -2.28. The first-order chi connectivity index (χ1) is 23.4. The van der Waals surface area contributed by atoms with E-state index in [0.29, 0.717) is 44.0 Å². The predicted octanol–water partition coefficient (Wildman–Crippen LogP) is 6.47. The van der Waals surface area contributed by atoms with Gasteiger partial charge in [0.2, 0.25) is 5.91 Å². The van der Waals surface area contributed by atoms with Gasteiger partial charge in [-0.25, -0.2) is 14.5 Å². The molecule has 2 aromatic rings. The Morgan fingerprint density at radius 3 is 2.24 bits per heavy atom. The molecule has 0 saturated carbocycles. The Morgan fingerprint density at radius 2 is 1.65 bits per heavy atom. The number of nitrogens with zero attached hydrogens (tertiary/aromatic N) is 1. The third-order valence-corrected chi connectivity index (χ3v) is 8.79. The maximum Gasteiger partial charge on any atom is 0.416 e. The molecule has 0 radical (unpaired) electrons. The molecule has 1 aliphatic rings. The number of ether oxygens (including phenoxy) is 5. The van der Waals surface area contributed by atoms with Gasteiger partial charge >= 0.3 is 18.0 Å². The summed E-state index contributed by atoms with van der Waals surface area (Å²) in [5.74, 6) is -2.66. The van der Waals surface area contributed by atoms with Gasteiger partial charge in [0.05, 0.1) is 25.3 Å². The standard InChI is InChI=1S/C38H51NO10/c1-24(2)29(18-28-14-15-33(46-7)35(20-28)47-17-11-16-45-6)21-32(37(42)43)34(49-26(5)40)22-31(25(3)4)36(41)39-30(23-48-38(39)44)19-27-12-9-8-10-13-27/h8-10,12-15,20,24-25,29-31H,11,16-19,21-23H2,1-7H3,(H,42,43)/b34-32+/t29-,30-,31-/m0/s1. The molecule has 1 N–H and O–H groups in total. The number of amides is 2. The second kappa shape index (κ2) is 19.0. The Bertz CT molecular complexity index is 1450. The van der Waals surface area contributed by atoms with Gasteiger partial charge in [0.25, 0.3) is 0 Å². The Morgan fingerprint density at radius 1 is 0.939 bits per heavy atom. The maximum absolute atomic E-state index is 14.1. The summed E-state index contributed by atoms with van der Waals surface area (Å²) in [6.07, 6.45) is 0.788. The molecular weight excluding hydrogens is 630 g/mol. The van der Waals surface area contributed by atoms with Crippen LogP contribution in [0.25, 0.3) is 0 Å².